The highest BCUT2D eigenvalue weighted by molar-refractivity contribution is 6.32. The molecule has 0 fully saturated rings. The Labute approximate surface area is 162 Å². The summed E-state index contributed by atoms with van der Waals surface area (Å²) in [6, 6.07) is 12.0. The van der Waals surface area contributed by atoms with Crippen LogP contribution in [0.2, 0.25) is 5.02 Å². The predicted molar refractivity (Wildman–Crippen MR) is 101 cm³/mol. The Morgan fingerprint density at radius 2 is 1.67 bits per heavy atom. The molecule has 27 heavy (non-hydrogen) atoms. The van der Waals surface area contributed by atoms with Gasteiger partial charge >= 0.3 is 0 Å². The quantitative estimate of drug-likeness (QED) is 0.657. The smallest absolute Gasteiger partial charge is 0.276 e. The fraction of sp³-hybridized carbons (Fsp3) is 0.211. The van der Waals surface area contributed by atoms with Gasteiger partial charge < -0.3 is 10.1 Å². The molecule has 0 atom stereocenters. The zero-order valence-corrected chi connectivity index (χ0v) is 15.7. The summed E-state index contributed by atoms with van der Waals surface area (Å²) in [5, 5.41) is 2.86. The van der Waals surface area contributed by atoms with E-state index >= 15 is 0 Å². The summed E-state index contributed by atoms with van der Waals surface area (Å²) in [5.41, 5.74) is 6.91. The number of halogens is 1. The number of rotatable bonds is 6. The minimum absolute atomic E-state index is 0.280. The zero-order chi connectivity index (χ0) is 19.8. The van der Waals surface area contributed by atoms with Crippen molar-refractivity contribution in [3.8, 4) is 5.75 Å². The number of carbonyl (C=O) groups is 3. The molecule has 2 aromatic carbocycles. The molecular weight excluding hydrogens is 370 g/mol. The van der Waals surface area contributed by atoms with E-state index in [4.69, 9.17) is 16.3 Å². The molecule has 8 heteroatoms. The lowest BCUT2D eigenvalue weighted by Gasteiger charge is -2.10. The second-order valence-corrected chi connectivity index (χ2v) is 6.20. The van der Waals surface area contributed by atoms with Crippen molar-refractivity contribution in [3.05, 3.63) is 64.2 Å². The third kappa shape index (κ3) is 6.31. The Balaban J connectivity index is 1.71. The molecule has 0 aliphatic rings. The van der Waals surface area contributed by atoms with Crippen LogP contribution in [0.1, 0.15) is 21.5 Å². The average Bonchev–Trinajstić information content (AvgIpc) is 2.65. The summed E-state index contributed by atoms with van der Waals surface area (Å²) in [4.78, 5) is 35.4. The predicted octanol–water partition coefficient (Wildman–Crippen LogP) is 1.91. The molecule has 0 unspecified atom stereocenters. The van der Waals surface area contributed by atoms with Gasteiger partial charge in [-0.3, -0.25) is 25.2 Å². The van der Waals surface area contributed by atoms with Gasteiger partial charge in [-0.25, -0.2) is 0 Å². The molecule has 0 heterocycles. The molecule has 2 aromatic rings. The maximum Gasteiger partial charge on any atom is 0.276 e. The largest absolute Gasteiger partial charge is 0.482 e. The van der Waals surface area contributed by atoms with Gasteiger partial charge in [0.1, 0.15) is 5.75 Å². The van der Waals surface area contributed by atoms with Crippen LogP contribution in [0.15, 0.2) is 42.5 Å². The number of hydrazine groups is 1. The Morgan fingerprint density at radius 3 is 2.37 bits per heavy atom. The minimum Gasteiger partial charge on any atom is -0.482 e. The number of benzene rings is 2. The highest BCUT2D eigenvalue weighted by Gasteiger charge is 2.10. The summed E-state index contributed by atoms with van der Waals surface area (Å²) < 4.78 is 5.24. The van der Waals surface area contributed by atoms with Crippen molar-refractivity contribution in [3.63, 3.8) is 0 Å². The number of amides is 3. The van der Waals surface area contributed by atoms with Crippen LogP contribution in [-0.2, 0) is 9.59 Å². The standard InChI is InChI=1S/C19H20ClN3O4/c1-12-7-8-14(9-13(12)2)19(26)21-10-17(24)22-23-18(25)11-27-16-6-4-3-5-15(16)20/h3-9H,10-11H2,1-2H3,(H,21,26)(H,22,24)(H,23,25). The molecule has 0 aliphatic carbocycles. The van der Waals surface area contributed by atoms with E-state index in [1.165, 1.54) is 0 Å². The molecule has 0 aliphatic heterocycles. The molecule has 0 saturated carbocycles. The number of carbonyl (C=O) groups excluding carboxylic acids is 3. The SMILES string of the molecule is Cc1ccc(C(=O)NCC(=O)NNC(=O)COc2ccccc2Cl)cc1C. The van der Waals surface area contributed by atoms with E-state index in [-0.39, 0.29) is 19.1 Å². The fourth-order valence-electron chi connectivity index (χ4n) is 2.07. The van der Waals surface area contributed by atoms with E-state index in [0.717, 1.165) is 11.1 Å². The third-order valence-corrected chi connectivity index (χ3v) is 4.03. The molecule has 0 radical (unpaired) electrons. The topological polar surface area (TPSA) is 96.5 Å². The number of nitrogens with one attached hydrogen (secondary N) is 3. The van der Waals surface area contributed by atoms with Crippen molar-refractivity contribution in [2.45, 2.75) is 13.8 Å². The number of para-hydroxylation sites is 1. The van der Waals surface area contributed by atoms with Crippen LogP contribution in [0.4, 0.5) is 0 Å². The van der Waals surface area contributed by atoms with Gasteiger partial charge in [-0.1, -0.05) is 29.8 Å². The van der Waals surface area contributed by atoms with E-state index in [1.807, 2.05) is 19.9 Å². The molecular formula is C19H20ClN3O4. The molecule has 0 aromatic heterocycles. The Morgan fingerprint density at radius 1 is 0.963 bits per heavy atom. The van der Waals surface area contributed by atoms with Crippen LogP contribution >= 0.6 is 11.6 Å². The third-order valence-electron chi connectivity index (χ3n) is 3.72. The van der Waals surface area contributed by atoms with Crippen molar-refractivity contribution in [2.24, 2.45) is 0 Å². The average molecular weight is 390 g/mol. The maximum absolute atomic E-state index is 12.0. The van der Waals surface area contributed by atoms with Crippen LogP contribution in [0.5, 0.6) is 5.75 Å². The van der Waals surface area contributed by atoms with Crippen LogP contribution in [0.3, 0.4) is 0 Å². The summed E-state index contributed by atoms with van der Waals surface area (Å²) >= 11 is 5.91. The van der Waals surface area contributed by atoms with Gasteiger partial charge in [0, 0.05) is 5.56 Å². The molecule has 3 amide bonds. The van der Waals surface area contributed by atoms with E-state index in [0.29, 0.717) is 16.3 Å². The van der Waals surface area contributed by atoms with Gasteiger partial charge in [0.05, 0.1) is 11.6 Å². The normalized spacial score (nSPS) is 10.0. The summed E-state index contributed by atoms with van der Waals surface area (Å²) in [7, 11) is 0. The highest BCUT2D eigenvalue weighted by atomic mass is 35.5. The molecule has 0 saturated heterocycles. The van der Waals surface area contributed by atoms with Crippen molar-refractivity contribution >= 4 is 29.3 Å². The van der Waals surface area contributed by atoms with Gasteiger partial charge in [0.2, 0.25) is 0 Å². The molecule has 3 N–H and O–H groups in total. The first kappa shape index (κ1) is 20.3. The van der Waals surface area contributed by atoms with E-state index in [1.54, 1.807) is 36.4 Å². The van der Waals surface area contributed by atoms with Crippen LogP contribution < -0.4 is 20.9 Å². The monoisotopic (exact) mass is 389 g/mol. The first-order valence-electron chi connectivity index (χ1n) is 8.17. The highest BCUT2D eigenvalue weighted by Crippen LogP contribution is 2.22. The van der Waals surface area contributed by atoms with Gasteiger partial charge in [0.25, 0.3) is 17.7 Å². The lowest BCUT2D eigenvalue weighted by atomic mass is 10.1. The first-order chi connectivity index (χ1) is 12.9. The fourth-order valence-corrected chi connectivity index (χ4v) is 2.26. The van der Waals surface area contributed by atoms with Gasteiger partial charge in [0.15, 0.2) is 6.61 Å². The Hall–Kier alpha value is -3.06. The van der Waals surface area contributed by atoms with Gasteiger partial charge in [-0.15, -0.1) is 0 Å². The molecule has 2 rings (SSSR count). The van der Waals surface area contributed by atoms with Crippen LogP contribution in [0, 0.1) is 13.8 Å². The molecule has 7 nitrogen and oxygen atoms in total. The number of ether oxygens (including phenoxy) is 1. The number of hydrogen-bond donors (Lipinski definition) is 3. The summed E-state index contributed by atoms with van der Waals surface area (Å²) in [6.45, 7) is 3.25. The van der Waals surface area contributed by atoms with E-state index < -0.39 is 11.8 Å². The van der Waals surface area contributed by atoms with Crippen LogP contribution in [0.25, 0.3) is 0 Å². The Bertz CT molecular complexity index is 855. The summed E-state index contributed by atoms with van der Waals surface area (Å²) in [6.07, 6.45) is 0. The first-order valence-corrected chi connectivity index (χ1v) is 8.55. The van der Waals surface area contributed by atoms with E-state index in [2.05, 4.69) is 16.2 Å². The lowest BCUT2D eigenvalue weighted by molar-refractivity contribution is -0.129. The van der Waals surface area contributed by atoms with Gasteiger partial charge in [-0.2, -0.15) is 0 Å². The van der Waals surface area contributed by atoms with Gasteiger partial charge in [-0.05, 0) is 49.2 Å². The van der Waals surface area contributed by atoms with Crippen molar-refractivity contribution in [2.75, 3.05) is 13.2 Å². The van der Waals surface area contributed by atoms with Crippen molar-refractivity contribution in [1.82, 2.24) is 16.2 Å². The molecule has 0 spiro atoms. The van der Waals surface area contributed by atoms with Crippen molar-refractivity contribution < 1.29 is 19.1 Å². The second kappa shape index (κ2) is 9.59. The number of aryl methyl sites for hydroxylation is 2. The Kier molecular flexibility index (Phi) is 7.19. The minimum atomic E-state index is -0.571. The van der Waals surface area contributed by atoms with E-state index in [9.17, 15) is 14.4 Å². The lowest BCUT2D eigenvalue weighted by Crippen LogP contribution is -2.47. The van der Waals surface area contributed by atoms with Crippen LogP contribution in [-0.4, -0.2) is 30.9 Å². The zero-order valence-electron chi connectivity index (χ0n) is 15.0. The molecule has 0 bridgehead atoms. The molecule has 142 valence electrons. The summed E-state index contributed by atoms with van der Waals surface area (Å²) in [5.74, 6) is -1.15. The second-order valence-electron chi connectivity index (χ2n) is 5.80. The maximum atomic E-state index is 12.0. The van der Waals surface area contributed by atoms with Crippen molar-refractivity contribution in [1.29, 1.82) is 0 Å². The number of hydrogen-bond acceptors (Lipinski definition) is 4.